The molecule has 2 heterocycles. The van der Waals surface area contributed by atoms with E-state index in [9.17, 15) is 13.2 Å². The van der Waals surface area contributed by atoms with Crippen LogP contribution in [-0.4, -0.2) is 52.7 Å². The van der Waals surface area contributed by atoms with Crippen molar-refractivity contribution in [2.24, 2.45) is 5.73 Å². The van der Waals surface area contributed by atoms with Gasteiger partial charge in [0.2, 0.25) is 10.0 Å². The van der Waals surface area contributed by atoms with Crippen molar-refractivity contribution in [3.05, 3.63) is 12.4 Å². The van der Waals surface area contributed by atoms with Crippen molar-refractivity contribution in [2.45, 2.75) is 23.9 Å². The van der Waals surface area contributed by atoms with Crippen molar-refractivity contribution in [3.8, 4) is 0 Å². The zero-order chi connectivity index (χ0) is 13.3. The van der Waals surface area contributed by atoms with Crippen LogP contribution >= 0.6 is 0 Å². The zero-order valence-electron chi connectivity index (χ0n) is 9.56. The first-order valence-corrected chi connectivity index (χ1v) is 6.83. The molecule has 1 aliphatic rings. The van der Waals surface area contributed by atoms with Gasteiger partial charge in [-0.2, -0.15) is 9.40 Å². The maximum atomic E-state index is 12.1. The Balaban J connectivity index is 2.20. The molecule has 0 aromatic carbocycles. The van der Waals surface area contributed by atoms with Crippen molar-refractivity contribution in [1.82, 2.24) is 14.1 Å². The number of carbonyl (C=O) groups is 1. The van der Waals surface area contributed by atoms with Gasteiger partial charge < -0.3 is 10.8 Å². The van der Waals surface area contributed by atoms with E-state index in [1.54, 1.807) is 0 Å². The van der Waals surface area contributed by atoms with Crippen molar-refractivity contribution in [1.29, 1.82) is 0 Å². The fourth-order valence-electron chi connectivity index (χ4n) is 1.82. The van der Waals surface area contributed by atoms with Gasteiger partial charge in [0.05, 0.1) is 6.20 Å². The summed E-state index contributed by atoms with van der Waals surface area (Å²) in [6.07, 6.45) is 3.00. The Morgan fingerprint density at radius 3 is 2.89 bits per heavy atom. The molecular weight excluding hydrogens is 260 g/mol. The second kappa shape index (κ2) is 4.67. The minimum Gasteiger partial charge on any atom is -0.480 e. The first-order valence-electron chi connectivity index (χ1n) is 5.39. The highest BCUT2D eigenvalue weighted by molar-refractivity contribution is 7.89. The lowest BCUT2D eigenvalue weighted by molar-refractivity contribution is -0.137. The van der Waals surface area contributed by atoms with Crippen LogP contribution in [0.1, 0.15) is 6.42 Å². The number of aliphatic carboxylic acids is 1. The molecule has 0 aliphatic carbocycles. The Labute approximate surface area is 104 Å². The van der Waals surface area contributed by atoms with E-state index in [-0.39, 0.29) is 24.0 Å². The highest BCUT2D eigenvalue weighted by atomic mass is 32.2. The third-order valence-corrected chi connectivity index (χ3v) is 4.55. The Hall–Kier alpha value is -1.45. The van der Waals surface area contributed by atoms with Crippen molar-refractivity contribution < 1.29 is 18.3 Å². The molecule has 3 N–H and O–H groups in total. The number of rotatable bonds is 4. The average Bonchev–Trinajstić information content (AvgIpc) is 2.86. The van der Waals surface area contributed by atoms with Gasteiger partial charge in [-0.15, -0.1) is 0 Å². The predicted molar refractivity (Wildman–Crippen MR) is 61.2 cm³/mol. The molecule has 0 spiro atoms. The first-order chi connectivity index (χ1) is 8.39. The second-order valence-electron chi connectivity index (χ2n) is 4.18. The molecule has 18 heavy (non-hydrogen) atoms. The minimum atomic E-state index is -3.61. The van der Waals surface area contributed by atoms with E-state index in [2.05, 4.69) is 5.10 Å². The maximum Gasteiger partial charge on any atom is 0.325 e. The summed E-state index contributed by atoms with van der Waals surface area (Å²) in [5.41, 5.74) is 5.67. The fraction of sp³-hybridized carbons (Fsp3) is 0.556. The quantitative estimate of drug-likeness (QED) is 0.703. The van der Waals surface area contributed by atoms with Crippen LogP contribution in [-0.2, 0) is 21.4 Å². The molecular formula is C9H14N4O4S. The number of aromatic nitrogens is 2. The number of carboxylic acids is 1. The summed E-state index contributed by atoms with van der Waals surface area (Å²) in [5, 5.41) is 12.3. The molecule has 0 bridgehead atoms. The molecule has 1 unspecified atom stereocenters. The fourth-order valence-corrected chi connectivity index (χ4v) is 3.29. The predicted octanol–water partition coefficient (Wildman–Crippen LogP) is -1.31. The van der Waals surface area contributed by atoms with E-state index in [1.807, 2.05) is 0 Å². The normalized spacial score (nSPS) is 21.3. The van der Waals surface area contributed by atoms with E-state index in [0.29, 0.717) is 13.0 Å². The van der Waals surface area contributed by atoms with E-state index in [4.69, 9.17) is 10.8 Å². The summed E-state index contributed by atoms with van der Waals surface area (Å²) in [4.78, 5) is 10.5. The van der Waals surface area contributed by atoms with E-state index >= 15 is 0 Å². The number of nitrogens with zero attached hydrogens (tertiary/aromatic N) is 3. The molecule has 1 atom stereocenters. The van der Waals surface area contributed by atoms with Gasteiger partial charge in [0.25, 0.3) is 0 Å². The molecule has 1 aromatic rings. The van der Waals surface area contributed by atoms with Crippen LogP contribution in [0.3, 0.4) is 0 Å². The smallest absolute Gasteiger partial charge is 0.325 e. The molecule has 8 nitrogen and oxygen atoms in total. The van der Waals surface area contributed by atoms with Crippen LogP contribution in [0.4, 0.5) is 0 Å². The summed E-state index contributed by atoms with van der Waals surface area (Å²) in [7, 11) is -3.61. The summed E-state index contributed by atoms with van der Waals surface area (Å²) in [6, 6.07) is -0.145. The summed E-state index contributed by atoms with van der Waals surface area (Å²) >= 11 is 0. The van der Waals surface area contributed by atoms with Crippen LogP contribution in [0, 0.1) is 0 Å². The van der Waals surface area contributed by atoms with Gasteiger partial charge >= 0.3 is 5.97 Å². The van der Waals surface area contributed by atoms with Crippen LogP contribution in [0.15, 0.2) is 17.3 Å². The van der Waals surface area contributed by atoms with Gasteiger partial charge in [-0.1, -0.05) is 0 Å². The van der Waals surface area contributed by atoms with Crippen LogP contribution in [0.25, 0.3) is 0 Å². The Kier molecular flexibility index (Phi) is 3.37. The average molecular weight is 274 g/mol. The molecule has 2 rings (SSSR count). The van der Waals surface area contributed by atoms with Gasteiger partial charge in [-0.05, 0) is 6.42 Å². The molecule has 1 aliphatic heterocycles. The first kappa shape index (κ1) is 13.0. The SMILES string of the molecule is NC1CCN(S(=O)(=O)c2cnn(CC(=O)O)c2)C1. The standard InChI is InChI=1S/C9H14N4O4S/c10-7-1-2-13(4-7)18(16,17)8-3-11-12(5-8)6-9(14)15/h3,5,7H,1-2,4,6,10H2,(H,14,15). The number of sulfonamides is 1. The molecule has 1 aromatic heterocycles. The van der Waals surface area contributed by atoms with Crippen LogP contribution in [0.5, 0.6) is 0 Å². The lowest BCUT2D eigenvalue weighted by Crippen LogP contribution is -2.31. The summed E-state index contributed by atoms with van der Waals surface area (Å²) < 4.78 is 26.7. The second-order valence-corrected chi connectivity index (χ2v) is 6.12. The third kappa shape index (κ3) is 2.52. The zero-order valence-corrected chi connectivity index (χ0v) is 10.4. The number of hydrogen-bond acceptors (Lipinski definition) is 5. The molecule has 0 saturated carbocycles. The van der Waals surface area contributed by atoms with Gasteiger partial charge in [-0.3, -0.25) is 9.48 Å². The largest absolute Gasteiger partial charge is 0.480 e. The molecule has 0 amide bonds. The van der Waals surface area contributed by atoms with Gasteiger partial charge in [0.1, 0.15) is 11.4 Å². The number of carboxylic acid groups (broad SMARTS) is 1. The molecule has 1 fully saturated rings. The lowest BCUT2D eigenvalue weighted by Gasteiger charge is -2.13. The van der Waals surface area contributed by atoms with Gasteiger partial charge in [0.15, 0.2) is 0 Å². The van der Waals surface area contributed by atoms with Crippen molar-refractivity contribution in [3.63, 3.8) is 0 Å². The molecule has 9 heteroatoms. The van der Waals surface area contributed by atoms with E-state index < -0.39 is 16.0 Å². The van der Waals surface area contributed by atoms with E-state index in [0.717, 1.165) is 10.9 Å². The van der Waals surface area contributed by atoms with Crippen molar-refractivity contribution >= 4 is 16.0 Å². The highest BCUT2D eigenvalue weighted by Gasteiger charge is 2.31. The Bertz CT molecular complexity index is 553. The summed E-state index contributed by atoms with van der Waals surface area (Å²) in [5.74, 6) is -1.08. The molecule has 1 saturated heterocycles. The maximum absolute atomic E-state index is 12.1. The van der Waals surface area contributed by atoms with Crippen LogP contribution < -0.4 is 5.73 Å². The Morgan fingerprint density at radius 2 is 2.33 bits per heavy atom. The Morgan fingerprint density at radius 1 is 1.61 bits per heavy atom. The topological polar surface area (TPSA) is 119 Å². The van der Waals surface area contributed by atoms with E-state index in [1.165, 1.54) is 10.5 Å². The van der Waals surface area contributed by atoms with Crippen molar-refractivity contribution in [2.75, 3.05) is 13.1 Å². The number of hydrogen-bond donors (Lipinski definition) is 2. The minimum absolute atomic E-state index is 0.00199. The van der Waals surface area contributed by atoms with Crippen LogP contribution in [0.2, 0.25) is 0 Å². The number of nitrogens with two attached hydrogens (primary N) is 1. The van der Waals surface area contributed by atoms with Gasteiger partial charge in [-0.25, -0.2) is 8.42 Å². The highest BCUT2D eigenvalue weighted by Crippen LogP contribution is 2.19. The molecule has 100 valence electrons. The lowest BCUT2D eigenvalue weighted by atomic mass is 10.3. The third-order valence-electron chi connectivity index (χ3n) is 2.73. The monoisotopic (exact) mass is 274 g/mol. The van der Waals surface area contributed by atoms with Gasteiger partial charge in [0, 0.05) is 25.3 Å². The summed E-state index contributed by atoms with van der Waals surface area (Å²) in [6.45, 7) is 0.301. The molecule has 0 radical (unpaired) electrons.